The molecule has 130 valence electrons. The second-order valence-corrected chi connectivity index (χ2v) is 5.65. The first-order chi connectivity index (χ1) is 12.1. The van der Waals surface area contributed by atoms with E-state index in [1.54, 1.807) is 24.3 Å². The summed E-state index contributed by atoms with van der Waals surface area (Å²) in [6.45, 7) is 0.607. The molecule has 5 nitrogen and oxygen atoms in total. The average Bonchev–Trinajstić information content (AvgIpc) is 2.61. The van der Waals surface area contributed by atoms with E-state index in [4.69, 9.17) is 21.4 Å². The van der Waals surface area contributed by atoms with Crippen LogP contribution >= 0.6 is 11.6 Å². The van der Waals surface area contributed by atoms with Gasteiger partial charge in [-0.1, -0.05) is 60.2 Å². The Kier molecular flexibility index (Phi) is 7.04. The van der Waals surface area contributed by atoms with Gasteiger partial charge >= 0.3 is 12.1 Å². The number of carboxylic acid groups (broad SMARTS) is 1. The van der Waals surface area contributed by atoms with Crippen molar-refractivity contribution in [2.45, 2.75) is 13.0 Å². The summed E-state index contributed by atoms with van der Waals surface area (Å²) >= 11 is 5.80. The number of carboxylic acids is 1. The number of hydrogen-bond acceptors (Lipinski definition) is 3. The molecule has 2 rings (SSSR count). The highest BCUT2D eigenvalue weighted by molar-refractivity contribution is 6.31. The summed E-state index contributed by atoms with van der Waals surface area (Å²) in [5, 5.41) is 12.2. The zero-order valence-electron chi connectivity index (χ0n) is 13.4. The number of alkyl carbamates (subject to hydrolysis) is 1. The SMILES string of the molecule is O=C(NCCC=Cc1ccc(Cl)cc1C(=O)O)OCc1ccccc1. The van der Waals surface area contributed by atoms with Gasteiger partial charge < -0.3 is 15.2 Å². The van der Waals surface area contributed by atoms with Crippen molar-refractivity contribution >= 4 is 29.7 Å². The van der Waals surface area contributed by atoms with Crippen molar-refractivity contribution in [1.82, 2.24) is 5.32 Å². The van der Waals surface area contributed by atoms with Gasteiger partial charge in [-0.25, -0.2) is 9.59 Å². The average molecular weight is 360 g/mol. The van der Waals surface area contributed by atoms with Crippen LogP contribution in [-0.2, 0) is 11.3 Å². The van der Waals surface area contributed by atoms with Gasteiger partial charge in [-0.05, 0) is 29.7 Å². The van der Waals surface area contributed by atoms with Crippen molar-refractivity contribution in [3.63, 3.8) is 0 Å². The molecule has 0 saturated carbocycles. The van der Waals surface area contributed by atoms with Crippen LogP contribution in [0, 0.1) is 0 Å². The third-order valence-electron chi connectivity index (χ3n) is 3.34. The highest BCUT2D eigenvalue weighted by Gasteiger charge is 2.08. The largest absolute Gasteiger partial charge is 0.478 e. The van der Waals surface area contributed by atoms with Crippen molar-refractivity contribution in [3.8, 4) is 0 Å². The number of halogens is 1. The van der Waals surface area contributed by atoms with E-state index in [1.165, 1.54) is 6.07 Å². The van der Waals surface area contributed by atoms with E-state index in [0.717, 1.165) is 5.56 Å². The smallest absolute Gasteiger partial charge is 0.407 e. The quantitative estimate of drug-likeness (QED) is 0.720. The molecule has 25 heavy (non-hydrogen) atoms. The minimum atomic E-state index is -1.04. The highest BCUT2D eigenvalue weighted by atomic mass is 35.5. The van der Waals surface area contributed by atoms with Gasteiger partial charge in [0.25, 0.3) is 0 Å². The Morgan fingerprint density at radius 3 is 2.64 bits per heavy atom. The second kappa shape index (κ2) is 9.49. The molecule has 2 aromatic rings. The first-order valence-corrected chi connectivity index (χ1v) is 8.08. The Hall–Kier alpha value is -2.79. The molecule has 2 N–H and O–H groups in total. The van der Waals surface area contributed by atoms with Gasteiger partial charge in [0, 0.05) is 11.6 Å². The minimum absolute atomic E-state index is 0.138. The number of amides is 1. The summed E-state index contributed by atoms with van der Waals surface area (Å²) in [4.78, 5) is 22.8. The first-order valence-electron chi connectivity index (χ1n) is 7.70. The molecule has 0 spiro atoms. The second-order valence-electron chi connectivity index (χ2n) is 5.22. The van der Waals surface area contributed by atoms with Gasteiger partial charge in [0.05, 0.1) is 5.56 Å². The molecule has 0 radical (unpaired) electrons. The molecule has 0 unspecified atom stereocenters. The van der Waals surface area contributed by atoms with Crippen molar-refractivity contribution in [2.75, 3.05) is 6.54 Å². The molecule has 0 aromatic heterocycles. The lowest BCUT2D eigenvalue weighted by molar-refractivity contribution is 0.0696. The van der Waals surface area contributed by atoms with Gasteiger partial charge in [-0.3, -0.25) is 0 Å². The van der Waals surface area contributed by atoms with Crippen LogP contribution < -0.4 is 5.32 Å². The van der Waals surface area contributed by atoms with Crippen LogP contribution in [0.2, 0.25) is 5.02 Å². The number of carbonyl (C=O) groups is 2. The van der Waals surface area contributed by atoms with Crippen LogP contribution in [0.5, 0.6) is 0 Å². The zero-order valence-corrected chi connectivity index (χ0v) is 14.2. The molecule has 0 heterocycles. The molecule has 0 aliphatic rings. The van der Waals surface area contributed by atoms with E-state index in [0.29, 0.717) is 23.6 Å². The summed E-state index contributed by atoms with van der Waals surface area (Å²) in [7, 11) is 0. The molecule has 1 amide bonds. The Morgan fingerprint density at radius 2 is 1.92 bits per heavy atom. The molecule has 0 aliphatic heterocycles. The van der Waals surface area contributed by atoms with Crippen LogP contribution in [0.15, 0.2) is 54.6 Å². The van der Waals surface area contributed by atoms with Crippen molar-refractivity contribution in [2.24, 2.45) is 0 Å². The maximum atomic E-state index is 11.6. The normalized spacial score (nSPS) is 10.6. The van der Waals surface area contributed by atoms with Crippen LogP contribution in [-0.4, -0.2) is 23.7 Å². The van der Waals surface area contributed by atoms with E-state index in [9.17, 15) is 9.59 Å². The standard InChI is InChI=1S/C19H18ClNO4/c20-16-10-9-15(17(12-16)18(22)23)8-4-5-11-21-19(24)25-13-14-6-2-1-3-7-14/h1-4,6-10,12H,5,11,13H2,(H,21,24)(H,22,23). The monoisotopic (exact) mass is 359 g/mol. The number of benzene rings is 2. The lowest BCUT2D eigenvalue weighted by Crippen LogP contribution is -2.24. The molecule has 2 aromatic carbocycles. The fourth-order valence-corrected chi connectivity index (χ4v) is 2.27. The third-order valence-corrected chi connectivity index (χ3v) is 3.57. The molecule has 0 fully saturated rings. The van der Waals surface area contributed by atoms with Gasteiger partial charge in [-0.15, -0.1) is 0 Å². The molecular weight excluding hydrogens is 342 g/mol. The summed E-state index contributed by atoms with van der Waals surface area (Å²) in [6, 6.07) is 14.1. The van der Waals surface area contributed by atoms with E-state index in [2.05, 4.69) is 5.32 Å². The predicted molar refractivity (Wildman–Crippen MR) is 96.7 cm³/mol. The molecule has 0 saturated heterocycles. The topological polar surface area (TPSA) is 75.6 Å². The van der Waals surface area contributed by atoms with Gasteiger partial charge in [-0.2, -0.15) is 0 Å². The summed E-state index contributed by atoms with van der Waals surface area (Å²) in [5.41, 5.74) is 1.61. The number of hydrogen-bond donors (Lipinski definition) is 2. The summed E-state index contributed by atoms with van der Waals surface area (Å²) in [6.07, 6.45) is 3.53. The van der Waals surface area contributed by atoms with Crippen molar-refractivity contribution < 1.29 is 19.4 Å². The van der Waals surface area contributed by atoms with Gasteiger partial charge in [0.1, 0.15) is 6.61 Å². The number of ether oxygens (including phenoxy) is 1. The van der Waals surface area contributed by atoms with Crippen LogP contribution in [0.1, 0.15) is 27.9 Å². The Bertz CT molecular complexity index is 759. The van der Waals surface area contributed by atoms with Crippen molar-refractivity contribution in [3.05, 3.63) is 76.3 Å². The lowest BCUT2D eigenvalue weighted by Gasteiger charge is -2.06. The Morgan fingerprint density at radius 1 is 1.16 bits per heavy atom. The van der Waals surface area contributed by atoms with E-state index >= 15 is 0 Å². The minimum Gasteiger partial charge on any atom is -0.478 e. The van der Waals surface area contributed by atoms with E-state index in [-0.39, 0.29) is 12.2 Å². The number of carbonyl (C=O) groups excluding carboxylic acids is 1. The van der Waals surface area contributed by atoms with Crippen LogP contribution in [0.25, 0.3) is 6.08 Å². The fraction of sp³-hybridized carbons (Fsp3) is 0.158. The lowest BCUT2D eigenvalue weighted by atomic mass is 10.1. The van der Waals surface area contributed by atoms with Gasteiger partial charge in [0.15, 0.2) is 0 Å². The maximum absolute atomic E-state index is 11.6. The van der Waals surface area contributed by atoms with Crippen LogP contribution in [0.3, 0.4) is 0 Å². The predicted octanol–water partition coefficient (Wildman–Crippen LogP) is 4.37. The Balaban J connectivity index is 1.74. The highest BCUT2D eigenvalue weighted by Crippen LogP contribution is 2.17. The zero-order chi connectivity index (χ0) is 18.1. The van der Waals surface area contributed by atoms with Crippen LogP contribution in [0.4, 0.5) is 4.79 Å². The molecule has 0 aliphatic carbocycles. The molecule has 0 bridgehead atoms. The molecular formula is C19H18ClNO4. The number of rotatable bonds is 7. The number of nitrogens with one attached hydrogen (secondary N) is 1. The third kappa shape index (κ3) is 6.31. The maximum Gasteiger partial charge on any atom is 0.407 e. The van der Waals surface area contributed by atoms with Crippen molar-refractivity contribution in [1.29, 1.82) is 0 Å². The van der Waals surface area contributed by atoms with E-state index < -0.39 is 12.1 Å². The molecule has 0 atom stereocenters. The summed E-state index contributed by atoms with van der Waals surface area (Å²) < 4.78 is 5.09. The summed E-state index contributed by atoms with van der Waals surface area (Å²) in [5.74, 6) is -1.04. The van der Waals surface area contributed by atoms with E-state index in [1.807, 2.05) is 30.3 Å². The number of aromatic carboxylic acids is 1. The van der Waals surface area contributed by atoms with Gasteiger partial charge in [0.2, 0.25) is 0 Å². The molecule has 6 heteroatoms. The Labute approximate surface area is 150 Å². The fourth-order valence-electron chi connectivity index (χ4n) is 2.10. The first kappa shape index (κ1) is 18.5.